The van der Waals surface area contributed by atoms with Crippen LogP contribution in [0.4, 0.5) is 4.79 Å². The van der Waals surface area contributed by atoms with E-state index in [1.807, 2.05) is 0 Å². The third kappa shape index (κ3) is 20.4. The molecule has 28 heavy (non-hydrogen) atoms. The highest BCUT2D eigenvalue weighted by Crippen LogP contribution is 2.13. The third-order valence-electron chi connectivity index (χ3n) is 5.52. The maximum absolute atomic E-state index is 12.0. The molecule has 5 heteroatoms. The summed E-state index contributed by atoms with van der Waals surface area (Å²) in [5.41, 5.74) is 0. The summed E-state index contributed by atoms with van der Waals surface area (Å²) in [5.74, 6) is 0. The number of hydrogen-bond donors (Lipinski definition) is 0. The highest BCUT2D eigenvalue weighted by molar-refractivity contribution is 6.54. The Kier molecular flexibility index (Phi) is 21.2. The van der Waals surface area contributed by atoms with Gasteiger partial charge in [0, 0.05) is 0 Å². The summed E-state index contributed by atoms with van der Waals surface area (Å²) in [4.78, 5) is 12.0. The van der Waals surface area contributed by atoms with Crippen LogP contribution in [0.5, 0.6) is 0 Å². The predicted octanol–water partition coefficient (Wildman–Crippen LogP) is 8.13. The highest BCUT2D eigenvalue weighted by atomic mass is 28.3. The van der Waals surface area contributed by atoms with Crippen LogP contribution in [0.25, 0.3) is 0 Å². The molecular formula is C23H50O3Si2. The smallest absolute Gasteiger partial charge is 0.480 e. The van der Waals surface area contributed by atoms with Gasteiger partial charge in [-0.25, -0.2) is 4.79 Å². The standard InChI is InChI=1S/C23H50O3Si2/c1-5-7-9-11-13-15-17-19-21-27(3)25-23(24)26-28(4)22-20-18-16-14-12-10-8-6-2/h27-28H,5-22H2,1-4H3. The monoisotopic (exact) mass is 430 g/mol. The molecule has 0 aromatic rings. The Hall–Kier alpha value is -0.296. The molecule has 0 amide bonds. The molecular weight excluding hydrogens is 380 g/mol. The molecule has 3 nitrogen and oxygen atoms in total. The van der Waals surface area contributed by atoms with Gasteiger partial charge >= 0.3 is 6.16 Å². The summed E-state index contributed by atoms with van der Waals surface area (Å²) in [6.45, 7) is 8.79. The number of hydrogen-bond acceptors (Lipinski definition) is 3. The minimum absolute atomic E-state index is 0.363. The quantitative estimate of drug-likeness (QED) is 0.144. The number of carbonyl (C=O) groups is 1. The molecule has 0 aliphatic carbocycles. The lowest BCUT2D eigenvalue weighted by Crippen LogP contribution is -2.25. The van der Waals surface area contributed by atoms with Crippen LogP contribution in [0.3, 0.4) is 0 Å². The molecule has 0 aliphatic heterocycles. The molecule has 0 N–H and O–H groups in total. The second kappa shape index (κ2) is 21.4. The van der Waals surface area contributed by atoms with E-state index in [0.29, 0.717) is 0 Å². The zero-order valence-electron chi connectivity index (χ0n) is 19.6. The van der Waals surface area contributed by atoms with Gasteiger partial charge in [0.05, 0.1) is 0 Å². The summed E-state index contributed by atoms with van der Waals surface area (Å²) in [6, 6.07) is 2.19. The van der Waals surface area contributed by atoms with Crippen LogP contribution in [0.15, 0.2) is 0 Å². The van der Waals surface area contributed by atoms with E-state index in [4.69, 9.17) is 8.85 Å². The third-order valence-corrected chi connectivity index (χ3v) is 9.16. The van der Waals surface area contributed by atoms with Crippen LogP contribution in [0.1, 0.15) is 117 Å². The molecule has 0 aromatic heterocycles. The van der Waals surface area contributed by atoms with Crippen molar-refractivity contribution in [2.45, 2.75) is 142 Å². The van der Waals surface area contributed by atoms with Crippen molar-refractivity contribution in [3.63, 3.8) is 0 Å². The van der Waals surface area contributed by atoms with E-state index in [0.717, 1.165) is 12.1 Å². The maximum Gasteiger partial charge on any atom is 0.480 e. The first-order valence-electron chi connectivity index (χ1n) is 12.5. The van der Waals surface area contributed by atoms with Gasteiger partial charge in [-0.1, -0.05) is 117 Å². The first-order valence-corrected chi connectivity index (χ1v) is 17.4. The molecule has 0 saturated carbocycles. The van der Waals surface area contributed by atoms with Gasteiger partial charge in [-0.3, -0.25) is 0 Å². The van der Waals surface area contributed by atoms with Crippen LogP contribution in [-0.4, -0.2) is 24.2 Å². The topological polar surface area (TPSA) is 35.5 Å². The second-order valence-corrected chi connectivity index (χ2v) is 13.5. The first-order chi connectivity index (χ1) is 13.6. The largest absolute Gasteiger partial charge is 0.493 e. The summed E-state index contributed by atoms with van der Waals surface area (Å²) >= 11 is 0. The highest BCUT2D eigenvalue weighted by Gasteiger charge is 2.16. The zero-order chi connectivity index (χ0) is 20.9. The van der Waals surface area contributed by atoms with Gasteiger partial charge in [0.1, 0.15) is 0 Å². The molecule has 0 aromatic carbocycles. The van der Waals surface area contributed by atoms with E-state index in [-0.39, 0.29) is 6.16 Å². The molecule has 168 valence electrons. The molecule has 0 saturated heterocycles. The van der Waals surface area contributed by atoms with Crippen LogP contribution in [0.2, 0.25) is 25.2 Å². The van der Waals surface area contributed by atoms with E-state index in [1.54, 1.807) is 0 Å². The van der Waals surface area contributed by atoms with E-state index >= 15 is 0 Å². The normalized spacial score (nSPS) is 13.3. The molecule has 2 atom stereocenters. The van der Waals surface area contributed by atoms with Gasteiger partial charge < -0.3 is 8.85 Å². The molecule has 2 unspecified atom stereocenters. The maximum atomic E-state index is 12.0. The van der Waals surface area contributed by atoms with E-state index in [1.165, 1.54) is 103 Å². The van der Waals surface area contributed by atoms with Gasteiger partial charge in [-0.2, -0.15) is 0 Å². The number of carbonyl (C=O) groups excluding carboxylic acids is 1. The molecule has 0 fully saturated rings. The number of unbranched alkanes of at least 4 members (excludes halogenated alkanes) is 14. The Labute approximate surface area is 179 Å². The lowest BCUT2D eigenvalue weighted by Gasteiger charge is -2.16. The van der Waals surface area contributed by atoms with Gasteiger partial charge in [-0.15, -0.1) is 0 Å². The van der Waals surface area contributed by atoms with Crippen LogP contribution in [0, 0.1) is 0 Å². The summed E-state index contributed by atoms with van der Waals surface area (Å²) in [7, 11) is -2.79. The Balaban J connectivity index is 3.49. The Bertz CT molecular complexity index is 310. The van der Waals surface area contributed by atoms with Crippen LogP contribution < -0.4 is 0 Å². The Morgan fingerprint density at radius 2 is 0.821 bits per heavy atom. The average molecular weight is 431 g/mol. The summed E-state index contributed by atoms with van der Waals surface area (Å²) in [6.07, 6.45) is 20.9. The van der Waals surface area contributed by atoms with Crippen molar-refractivity contribution in [1.29, 1.82) is 0 Å². The van der Waals surface area contributed by atoms with E-state index < -0.39 is 18.1 Å². The van der Waals surface area contributed by atoms with Crippen molar-refractivity contribution in [3.05, 3.63) is 0 Å². The molecule has 0 radical (unpaired) electrons. The summed E-state index contributed by atoms with van der Waals surface area (Å²) < 4.78 is 11.2. The van der Waals surface area contributed by atoms with Crippen molar-refractivity contribution < 1.29 is 13.6 Å². The fourth-order valence-corrected chi connectivity index (χ4v) is 6.45. The molecule has 0 bridgehead atoms. The predicted molar refractivity (Wildman–Crippen MR) is 128 cm³/mol. The Morgan fingerprint density at radius 1 is 0.536 bits per heavy atom. The zero-order valence-corrected chi connectivity index (χ0v) is 21.9. The molecule has 0 rings (SSSR count). The van der Waals surface area contributed by atoms with Crippen molar-refractivity contribution in [2.75, 3.05) is 0 Å². The molecule has 0 heterocycles. The fourth-order valence-electron chi connectivity index (χ4n) is 3.61. The minimum atomic E-state index is -1.39. The SMILES string of the molecule is CCCCCCCCCC[SiH](C)OC(=O)O[SiH](C)CCCCCCCCCC. The second-order valence-electron chi connectivity index (χ2n) is 8.63. The van der Waals surface area contributed by atoms with Crippen LogP contribution >= 0.6 is 0 Å². The van der Waals surface area contributed by atoms with Gasteiger partial charge in [0.25, 0.3) is 0 Å². The minimum Gasteiger partial charge on any atom is -0.493 e. The lowest BCUT2D eigenvalue weighted by atomic mass is 10.1. The number of rotatable bonds is 20. The van der Waals surface area contributed by atoms with Crippen molar-refractivity contribution in [3.8, 4) is 0 Å². The van der Waals surface area contributed by atoms with E-state index in [9.17, 15) is 4.79 Å². The van der Waals surface area contributed by atoms with E-state index in [2.05, 4.69) is 26.9 Å². The van der Waals surface area contributed by atoms with Gasteiger partial charge in [-0.05, 0) is 25.2 Å². The first kappa shape index (κ1) is 27.7. The summed E-state index contributed by atoms with van der Waals surface area (Å²) in [5, 5.41) is 0. The molecule has 0 aliphatic rings. The van der Waals surface area contributed by atoms with Crippen molar-refractivity contribution >= 4 is 24.2 Å². The van der Waals surface area contributed by atoms with Crippen LogP contribution in [-0.2, 0) is 8.85 Å². The average Bonchev–Trinajstić information content (AvgIpc) is 2.65. The van der Waals surface area contributed by atoms with Gasteiger partial charge in [0.15, 0.2) is 0 Å². The molecule has 0 spiro atoms. The fraction of sp³-hybridized carbons (Fsp3) is 0.957. The van der Waals surface area contributed by atoms with Crippen molar-refractivity contribution in [2.24, 2.45) is 0 Å². The lowest BCUT2D eigenvalue weighted by molar-refractivity contribution is 0.151. The van der Waals surface area contributed by atoms with Crippen molar-refractivity contribution in [1.82, 2.24) is 0 Å². The Morgan fingerprint density at radius 3 is 1.14 bits per heavy atom. The van der Waals surface area contributed by atoms with Gasteiger partial charge in [0.2, 0.25) is 18.1 Å².